The third-order valence-electron chi connectivity index (χ3n) is 7.78. The molecule has 0 amide bonds. The first-order chi connectivity index (χ1) is 22.1. The van der Waals surface area contributed by atoms with Gasteiger partial charge in [0, 0.05) is 16.5 Å². The standard InChI is InChI=1S/C35H38BrClN4O4S/c1-7-13-44-33(42)30-23(6)38-34-39-35(46-19-24-11-9-10-12-28(24)37)40-41(34)31(30)25-16-27(36)32(29(17-25)43-8-2)45-18-26-15-21(4)20(3)14-22(26)5/h9-12,14-17,31H,7-8,13,18-19H2,1-6H3,(H,38,39,40). The minimum absolute atomic E-state index is 0.310. The summed E-state index contributed by atoms with van der Waals surface area (Å²) in [6.07, 6.45) is 0.708. The molecule has 0 fully saturated rings. The van der Waals surface area contributed by atoms with Crippen LogP contribution in [0.4, 0.5) is 5.95 Å². The number of halogens is 2. The van der Waals surface area contributed by atoms with Gasteiger partial charge in [-0.3, -0.25) is 0 Å². The number of nitrogens with one attached hydrogen (secondary N) is 1. The maximum absolute atomic E-state index is 13.6. The summed E-state index contributed by atoms with van der Waals surface area (Å²) >= 11 is 11.6. The van der Waals surface area contributed by atoms with Gasteiger partial charge in [-0.15, -0.1) is 5.10 Å². The van der Waals surface area contributed by atoms with Gasteiger partial charge in [0.05, 0.1) is 23.3 Å². The summed E-state index contributed by atoms with van der Waals surface area (Å²) in [6.45, 7) is 13.2. The number of aromatic nitrogens is 3. The third-order valence-corrected chi connectivity index (χ3v) is 9.62. The summed E-state index contributed by atoms with van der Waals surface area (Å²) in [4.78, 5) is 18.3. The molecule has 1 aliphatic heterocycles. The monoisotopic (exact) mass is 724 g/mol. The van der Waals surface area contributed by atoms with Crippen LogP contribution in [0.3, 0.4) is 0 Å². The number of fused-ring (bicyclic) bond motifs is 1. The molecule has 0 saturated heterocycles. The lowest BCUT2D eigenvalue weighted by molar-refractivity contribution is -0.139. The van der Waals surface area contributed by atoms with E-state index in [4.69, 9.17) is 35.9 Å². The van der Waals surface area contributed by atoms with Gasteiger partial charge < -0.3 is 19.5 Å². The third kappa shape index (κ3) is 7.40. The lowest BCUT2D eigenvalue weighted by atomic mass is 9.95. The Balaban J connectivity index is 1.53. The molecule has 0 bridgehead atoms. The first-order valence-corrected chi connectivity index (χ1v) is 17.4. The largest absolute Gasteiger partial charge is 0.490 e. The maximum atomic E-state index is 13.6. The number of carbonyl (C=O) groups excluding carboxylic acids is 1. The lowest BCUT2D eigenvalue weighted by Crippen LogP contribution is -2.30. The van der Waals surface area contributed by atoms with Gasteiger partial charge in [0.1, 0.15) is 12.6 Å². The van der Waals surface area contributed by atoms with Crippen LogP contribution >= 0.6 is 39.3 Å². The molecule has 11 heteroatoms. The van der Waals surface area contributed by atoms with Crippen molar-refractivity contribution in [1.82, 2.24) is 14.8 Å². The Morgan fingerprint density at radius 2 is 1.78 bits per heavy atom. The molecule has 0 spiro atoms. The van der Waals surface area contributed by atoms with E-state index in [2.05, 4.69) is 54.2 Å². The van der Waals surface area contributed by atoms with Gasteiger partial charge in [0.2, 0.25) is 11.1 Å². The van der Waals surface area contributed by atoms with Crippen LogP contribution in [0.5, 0.6) is 11.5 Å². The summed E-state index contributed by atoms with van der Waals surface area (Å²) in [5.74, 6) is 1.85. The molecule has 5 rings (SSSR count). The van der Waals surface area contributed by atoms with Gasteiger partial charge >= 0.3 is 5.97 Å². The number of rotatable bonds is 12. The quantitative estimate of drug-likeness (QED) is 0.114. The van der Waals surface area contributed by atoms with Crippen LogP contribution in [-0.4, -0.2) is 33.9 Å². The zero-order valence-corrected chi connectivity index (χ0v) is 30.0. The molecular formula is C35H38BrClN4O4S. The Morgan fingerprint density at radius 3 is 2.52 bits per heavy atom. The lowest BCUT2D eigenvalue weighted by Gasteiger charge is -2.29. The highest BCUT2D eigenvalue weighted by Gasteiger charge is 2.36. The number of anilines is 1. The van der Waals surface area contributed by atoms with Crippen LogP contribution < -0.4 is 14.8 Å². The molecule has 242 valence electrons. The molecule has 3 aromatic carbocycles. The molecule has 0 aliphatic carbocycles. The van der Waals surface area contributed by atoms with Crippen molar-refractivity contribution in [2.75, 3.05) is 18.5 Å². The number of esters is 1. The minimum atomic E-state index is -0.630. The van der Waals surface area contributed by atoms with E-state index in [0.29, 0.717) is 75.4 Å². The molecule has 1 N–H and O–H groups in total. The summed E-state index contributed by atoms with van der Waals surface area (Å²) in [5, 5.41) is 9.38. The average Bonchev–Trinajstić information content (AvgIpc) is 3.43. The van der Waals surface area contributed by atoms with Crippen molar-refractivity contribution in [3.8, 4) is 11.5 Å². The summed E-state index contributed by atoms with van der Waals surface area (Å²) in [6, 6.07) is 15.3. The van der Waals surface area contributed by atoms with Crippen molar-refractivity contribution in [3.63, 3.8) is 0 Å². The normalized spacial score (nSPS) is 14.1. The molecule has 2 heterocycles. The van der Waals surface area contributed by atoms with Crippen LogP contribution in [0.2, 0.25) is 5.02 Å². The molecule has 1 aromatic heterocycles. The van der Waals surface area contributed by atoms with E-state index in [1.807, 2.05) is 57.2 Å². The van der Waals surface area contributed by atoms with Crippen LogP contribution in [-0.2, 0) is 21.9 Å². The summed E-state index contributed by atoms with van der Waals surface area (Å²) in [5.41, 5.74) is 7.58. The smallest absolute Gasteiger partial charge is 0.338 e. The van der Waals surface area contributed by atoms with E-state index < -0.39 is 12.0 Å². The van der Waals surface area contributed by atoms with Gasteiger partial charge in [-0.05, 0) is 109 Å². The number of allylic oxidation sites excluding steroid dienone is 1. The van der Waals surface area contributed by atoms with Crippen LogP contribution in [0.1, 0.15) is 66.6 Å². The van der Waals surface area contributed by atoms with Crippen molar-refractivity contribution in [3.05, 3.63) is 103 Å². The Hall–Kier alpha value is -3.47. The van der Waals surface area contributed by atoms with Crippen LogP contribution in [0.25, 0.3) is 0 Å². The van der Waals surface area contributed by atoms with Gasteiger partial charge in [0.15, 0.2) is 11.5 Å². The Bertz CT molecular complexity index is 1790. The SMILES string of the molecule is CCCOC(=O)C1=C(C)Nc2nc(SCc3ccccc3Cl)nn2C1c1cc(Br)c(OCc2cc(C)c(C)cc2C)c(OCC)c1. The van der Waals surface area contributed by atoms with Gasteiger partial charge in [-0.2, -0.15) is 4.98 Å². The van der Waals surface area contributed by atoms with E-state index in [1.54, 1.807) is 4.68 Å². The van der Waals surface area contributed by atoms with E-state index in [-0.39, 0.29) is 0 Å². The fourth-order valence-corrected chi connectivity index (χ4v) is 6.96. The number of thioether (sulfide) groups is 1. The Morgan fingerprint density at radius 1 is 1.02 bits per heavy atom. The summed E-state index contributed by atoms with van der Waals surface area (Å²) < 4.78 is 20.6. The van der Waals surface area contributed by atoms with Crippen molar-refractivity contribution in [2.45, 2.75) is 71.5 Å². The fraction of sp³-hybridized carbons (Fsp3) is 0.343. The van der Waals surface area contributed by atoms with E-state index in [0.717, 1.165) is 16.7 Å². The average molecular weight is 726 g/mol. The molecule has 1 atom stereocenters. The number of ether oxygens (including phenoxy) is 3. The molecule has 1 unspecified atom stereocenters. The second-order valence-corrected chi connectivity index (χ2v) is 13.4. The zero-order valence-electron chi connectivity index (χ0n) is 26.9. The van der Waals surface area contributed by atoms with Crippen molar-refractivity contribution < 1.29 is 19.0 Å². The number of aryl methyl sites for hydroxylation is 3. The molecular weight excluding hydrogens is 688 g/mol. The number of hydrogen-bond donors (Lipinski definition) is 1. The highest BCUT2D eigenvalue weighted by Crippen LogP contribution is 2.44. The topological polar surface area (TPSA) is 87.5 Å². The second-order valence-electron chi connectivity index (χ2n) is 11.2. The molecule has 46 heavy (non-hydrogen) atoms. The second kappa shape index (κ2) is 15.0. The van der Waals surface area contributed by atoms with Gasteiger partial charge in [0.25, 0.3) is 0 Å². The number of benzene rings is 3. The van der Waals surface area contributed by atoms with Crippen LogP contribution in [0, 0.1) is 20.8 Å². The Labute approximate surface area is 288 Å². The number of nitrogens with zero attached hydrogens (tertiary/aromatic N) is 3. The molecule has 1 aliphatic rings. The fourth-order valence-electron chi connectivity index (χ4n) is 5.27. The van der Waals surface area contributed by atoms with E-state index in [1.165, 1.54) is 28.5 Å². The molecule has 0 radical (unpaired) electrons. The number of carbonyl (C=O) groups is 1. The maximum Gasteiger partial charge on any atom is 0.338 e. The van der Waals surface area contributed by atoms with Crippen LogP contribution in [0.15, 0.2) is 69.4 Å². The number of hydrogen-bond acceptors (Lipinski definition) is 8. The molecule has 4 aromatic rings. The van der Waals surface area contributed by atoms with Gasteiger partial charge in [-0.1, -0.05) is 60.6 Å². The van der Waals surface area contributed by atoms with Crippen molar-refractivity contribution >= 4 is 51.2 Å². The van der Waals surface area contributed by atoms with Crippen molar-refractivity contribution in [2.24, 2.45) is 0 Å². The molecule has 0 saturated carbocycles. The highest BCUT2D eigenvalue weighted by atomic mass is 79.9. The first kappa shape index (κ1) is 33.9. The zero-order chi connectivity index (χ0) is 33.0. The predicted molar refractivity (Wildman–Crippen MR) is 187 cm³/mol. The Kier molecular flexibility index (Phi) is 11.0. The molecule has 8 nitrogen and oxygen atoms in total. The van der Waals surface area contributed by atoms with Gasteiger partial charge in [-0.25, -0.2) is 9.48 Å². The van der Waals surface area contributed by atoms with E-state index >= 15 is 0 Å². The minimum Gasteiger partial charge on any atom is -0.490 e. The van der Waals surface area contributed by atoms with E-state index in [9.17, 15) is 4.79 Å². The highest BCUT2D eigenvalue weighted by molar-refractivity contribution is 9.10. The first-order valence-electron chi connectivity index (χ1n) is 15.2. The predicted octanol–water partition coefficient (Wildman–Crippen LogP) is 9.13. The van der Waals surface area contributed by atoms with Crippen molar-refractivity contribution in [1.29, 1.82) is 0 Å². The summed E-state index contributed by atoms with van der Waals surface area (Å²) in [7, 11) is 0.